The first kappa shape index (κ1) is 13.2. The van der Waals surface area contributed by atoms with Crippen LogP contribution in [-0.4, -0.2) is 22.8 Å². The fourth-order valence-corrected chi connectivity index (χ4v) is 2.32. The van der Waals surface area contributed by atoms with Gasteiger partial charge in [0, 0.05) is 23.1 Å². The normalized spacial score (nSPS) is 10.5. The number of nitrogens with zero attached hydrogens (tertiary/aromatic N) is 1. The maximum Gasteiger partial charge on any atom is 0.307 e. The van der Waals surface area contributed by atoms with Gasteiger partial charge >= 0.3 is 5.97 Å². The molecule has 0 spiro atoms. The molecular weight excluding hydrogens is 242 g/mol. The zero-order valence-corrected chi connectivity index (χ0v) is 11.3. The van der Waals surface area contributed by atoms with E-state index in [0.29, 0.717) is 0 Å². The third-order valence-corrected chi connectivity index (χ3v) is 3.19. The van der Waals surface area contributed by atoms with E-state index in [4.69, 9.17) is 9.84 Å². The maximum absolute atomic E-state index is 10.8. The van der Waals surface area contributed by atoms with Crippen molar-refractivity contribution in [3.05, 3.63) is 47.3 Å². The summed E-state index contributed by atoms with van der Waals surface area (Å²) in [6.45, 7) is 3.91. The number of aryl methyl sites for hydroxylation is 1. The number of hydrogen-bond acceptors (Lipinski definition) is 2. The van der Waals surface area contributed by atoms with Gasteiger partial charge in [-0.2, -0.15) is 0 Å². The Morgan fingerprint density at radius 2 is 2.05 bits per heavy atom. The third-order valence-electron chi connectivity index (χ3n) is 3.19. The van der Waals surface area contributed by atoms with E-state index in [1.54, 1.807) is 7.11 Å². The summed E-state index contributed by atoms with van der Waals surface area (Å²) in [5.74, 6) is -0.0318. The smallest absolute Gasteiger partial charge is 0.307 e. The summed E-state index contributed by atoms with van der Waals surface area (Å²) in [6, 6.07) is 9.64. The Morgan fingerprint density at radius 3 is 2.68 bits per heavy atom. The van der Waals surface area contributed by atoms with Gasteiger partial charge < -0.3 is 14.4 Å². The van der Waals surface area contributed by atoms with E-state index in [-0.39, 0.29) is 6.42 Å². The maximum atomic E-state index is 10.8. The van der Waals surface area contributed by atoms with Crippen LogP contribution >= 0.6 is 0 Å². The lowest BCUT2D eigenvalue weighted by molar-refractivity contribution is -0.136. The molecule has 4 nitrogen and oxygen atoms in total. The monoisotopic (exact) mass is 259 g/mol. The van der Waals surface area contributed by atoms with Gasteiger partial charge in [0.25, 0.3) is 0 Å². The topological polar surface area (TPSA) is 51.5 Å². The number of aliphatic carboxylic acids is 1. The molecule has 0 saturated heterocycles. The molecule has 0 atom stereocenters. The number of rotatable bonds is 4. The lowest BCUT2D eigenvalue weighted by Gasteiger charge is -2.11. The number of aromatic nitrogens is 1. The molecular formula is C15H17NO3. The van der Waals surface area contributed by atoms with Crippen LogP contribution in [0.4, 0.5) is 0 Å². The number of benzene rings is 1. The molecule has 0 aliphatic rings. The van der Waals surface area contributed by atoms with Crippen molar-refractivity contribution >= 4 is 5.97 Å². The second-order valence-electron chi connectivity index (χ2n) is 4.50. The first-order chi connectivity index (χ1) is 9.02. The molecule has 1 heterocycles. The fraction of sp³-hybridized carbons (Fsp3) is 0.267. The van der Waals surface area contributed by atoms with Crippen LogP contribution < -0.4 is 4.74 Å². The first-order valence-electron chi connectivity index (χ1n) is 6.07. The largest absolute Gasteiger partial charge is 0.497 e. The van der Waals surface area contributed by atoms with Crippen LogP contribution in [0.1, 0.15) is 17.0 Å². The second kappa shape index (κ2) is 5.18. The predicted molar refractivity (Wildman–Crippen MR) is 73.1 cm³/mol. The minimum atomic E-state index is -0.814. The SMILES string of the molecule is COc1cccc(-n2c(C)cc(CC(=O)O)c2C)c1. The van der Waals surface area contributed by atoms with Crippen molar-refractivity contribution in [1.82, 2.24) is 4.57 Å². The van der Waals surface area contributed by atoms with E-state index in [1.165, 1.54) is 0 Å². The molecule has 1 aromatic heterocycles. The summed E-state index contributed by atoms with van der Waals surface area (Å²) in [6.07, 6.45) is 0.0453. The second-order valence-corrected chi connectivity index (χ2v) is 4.50. The highest BCUT2D eigenvalue weighted by atomic mass is 16.5. The number of ether oxygens (including phenoxy) is 1. The van der Waals surface area contributed by atoms with Crippen molar-refractivity contribution in [1.29, 1.82) is 0 Å². The minimum Gasteiger partial charge on any atom is -0.497 e. The van der Waals surface area contributed by atoms with E-state index in [0.717, 1.165) is 28.4 Å². The van der Waals surface area contributed by atoms with Crippen LogP contribution in [0.3, 0.4) is 0 Å². The third kappa shape index (κ3) is 2.62. The lowest BCUT2D eigenvalue weighted by atomic mass is 10.2. The van der Waals surface area contributed by atoms with Gasteiger partial charge in [-0.25, -0.2) is 0 Å². The van der Waals surface area contributed by atoms with Gasteiger partial charge in [-0.3, -0.25) is 4.79 Å². The molecule has 0 aliphatic heterocycles. The highest BCUT2D eigenvalue weighted by molar-refractivity contribution is 5.71. The molecule has 0 bridgehead atoms. The number of carboxylic acid groups (broad SMARTS) is 1. The van der Waals surface area contributed by atoms with E-state index >= 15 is 0 Å². The van der Waals surface area contributed by atoms with Gasteiger partial charge in [0.2, 0.25) is 0 Å². The summed E-state index contributed by atoms with van der Waals surface area (Å²) in [5, 5.41) is 8.91. The number of carboxylic acids is 1. The van der Waals surface area contributed by atoms with Crippen LogP contribution in [0.2, 0.25) is 0 Å². The molecule has 2 aromatic rings. The fourth-order valence-electron chi connectivity index (χ4n) is 2.32. The minimum absolute atomic E-state index is 0.0453. The van der Waals surface area contributed by atoms with E-state index in [1.807, 2.05) is 48.7 Å². The Balaban J connectivity index is 2.49. The highest BCUT2D eigenvalue weighted by Crippen LogP contribution is 2.23. The first-order valence-corrected chi connectivity index (χ1v) is 6.07. The Labute approximate surface area is 112 Å². The van der Waals surface area contributed by atoms with Gasteiger partial charge in [-0.05, 0) is 37.6 Å². The van der Waals surface area contributed by atoms with Gasteiger partial charge in [0.05, 0.1) is 13.5 Å². The van der Waals surface area contributed by atoms with E-state index in [9.17, 15) is 4.79 Å². The summed E-state index contributed by atoms with van der Waals surface area (Å²) in [5.41, 5.74) is 3.79. The Hall–Kier alpha value is -2.23. The molecule has 0 unspecified atom stereocenters. The molecule has 100 valence electrons. The van der Waals surface area contributed by atoms with Crippen LogP contribution in [0.15, 0.2) is 30.3 Å². The van der Waals surface area contributed by atoms with Gasteiger partial charge in [0.1, 0.15) is 5.75 Å². The predicted octanol–water partition coefficient (Wildman–Crippen LogP) is 2.73. The summed E-state index contributed by atoms with van der Waals surface area (Å²) >= 11 is 0. The average Bonchev–Trinajstić information content (AvgIpc) is 2.64. The molecule has 0 fully saturated rings. The molecule has 19 heavy (non-hydrogen) atoms. The highest BCUT2D eigenvalue weighted by Gasteiger charge is 2.13. The zero-order valence-electron chi connectivity index (χ0n) is 11.3. The lowest BCUT2D eigenvalue weighted by Crippen LogP contribution is -2.03. The van der Waals surface area contributed by atoms with Crippen LogP contribution in [-0.2, 0) is 11.2 Å². The molecule has 4 heteroatoms. The van der Waals surface area contributed by atoms with Crippen molar-refractivity contribution in [2.24, 2.45) is 0 Å². The summed E-state index contributed by atoms with van der Waals surface area (Å²) in [4.78, 5) is 10.8. The van der Waals surface area contributed by atoms with Crippen LogP contribution in [0.5, 0.6) is 5.75 Å². The zero-order chi connectivity index (χ0) is 14.0. The van der Waals surface area contributed by atoms with Gasteiger partial charge in [0.15, 0.2) is 0 Å². The summed E-state index contributed by atoms with van der Waals surface area (Å²) < 4.78 is 7.26. The average molecular weight is 259 g/mol. The Morgan fingerprint density at radius 1 is 1.32 bits per heavy atom. The van der Waals surface area contributed by atoms with Crippen molar-refractivity contribution in [3.63, 3.8) is 0 Å². The van der Waals surface area contributed by atoms with Crippen molar-refractivity contribution in [3.8, 4) is 11.4 Å². The van der Waals surface area contributed by atoms with Crippen molar-refractivity contribution in [2.75, 3.05) is 7.11 Å². The van der Waals surface area contributed by atoms with Gasteiger partial charge in [-0.15, -0.1) is 0 Å². The molecule has 2 rings (SSSR count). The van der Waals surface area contributed by atoms with Crippen LogP contribution in [0, 0.1) is 13.8 Å². The quantitative estimate of drug-likeness (QED) is 0.918. The van der Waals surface area contributed by atoms with Gasteiger partial charge in [-0.1, -0.05) is 6.07 Å². The van der Waals surface area contributed by atoms with E-state index in [2.05, 4.69) is 0 Å². The van der Waals surface area contributed by atoms with Crippen LogP contribution in [0.25, 0.3) is 5.69 Å². The molecule has 0 aliphatic carbocycles. The molecule has 1 N–H and O–H groups in total. The number of carbonyl (C=O) groups is 1. The summed E-state index contributed by atoms with van der Waals surface area (Å²) in [7, 11) is 1.63. The molecule has 0 saturated carbocycles. The molecule has 1 aromatic carbocycles. The molecule has 0 radical (unpaired) electrons. The van der Waals surface area contributed by atoms with Crippen molar-refractivity contribution < 1.29 is 14.6 Å². The number of methoxy groups -OCH3 is 1. The van der Waals surface area contributed by atoms with E-state index < -0.39 is 5.97 Å². The Bertz CT molecular complexity index is 614. The number of hydrogen-bond donors (Lipinski definition) is 1. The van der Waals surface area contributed by atoms with Crippen molar-refractivity contribution in [2.45, 2.75) is 20.3 Å². The molecule has 0 amide bonds. The standard InChI is InChI=1S/C15H17NO3/c1-10-7-12(8-15(17)18)11(2)16(10)13-5-4-6-14(9-13)19-3/h4-7,9H,8H2,1-3H3,(H,17,18). The Kier molecular flexibility index (Phi) is 3.60.